The topological polar surface area (TPSA) is 50.8 Å². The zero-order chi connectivity index (χ0) is 12.1. The number of aromatic nitrogens is 3. The summed E-state index contributed by atoms with van der Waals surface area (Å²) < 4.78 is 5.14. The Balaban J connectivity index is 1.73. The second kappa shape index (κ2) is 3.70. The number of pyridine rings is 1. The Kier molecular flexibility index (Phi) is 2.13. The number of nitrogens with one attached hydrogen (secondary N) is 1. The number of H-pyrrole nitrogens is 1. The normalized spacial score (nSPS) is 30.2. The molecule has 0 radical (unpaired) electrons. The van der Waals surface area contributed by atoms with E-state index in [0.29, 0.717) is 11.8 Å². The van der Waals surface area contributed by atoms with Crippen molar-refractivity contribution in [3.63, 3.8) is 0 Å². The van der Waals surface area contributed by atoms with E-state index in [1.165, 1.54) is 25.7 Å². The summed E-state index contributed by atoms with van der Waals surface area (Å²) in [5.74, 6) is 4.18. The van der Waals surface area contributed by atoms with Crippen LogP contribution in [-0.4, -0.2) is 22.1 Å². The second-order valence-corrected chi connectivity index (χ2v) is 5.63. The number of fused-ring (bicyclic) bond motifs is 3. The molecule has 2 aromatic rings. The van der Waals surface area contributed by atoms with Crippen LogP contribution < -0.4 is 4.74 Å². The Morgan fingerprint density at radius 3 is 2.89 bits per heavy atom. The third-order valence-corrected chi connectivity index (χ3v) is 4.64. The quantitative estimate of drug-likeness (QED) is 0.882. The summed E-state index contributed by atoms with van der Waals surface area (Å²) in [6.45, 7) is 0. The van der Waals surface area contributed by atoms with Gasteiger partial charge in [0.25, 0.3) is 0 Å². The van der Waals surface area contributed by atoms with Crippen LogP contribution in [0.25, 0.3) is 11.2 Å². The van der Waals surface area contributed by atoms with E-state index in [0.717, 1.165) is 28.8 Å². The summed E-state index contributed by atoms with van der Waals surface area (Å²) in [7, 11) is 1.64. The molecule has 4 nitrogen and oxygen atoms in total. The molecular weight excluding hydrogens is 226 g/mol. The van der Waals surface area contributed by atoms with Crippen LogP contribution in [0.2, 0.25) is 0 Å². The van der Waals surface area contributed by atoms with Crippen LogP contribution in [0.3, 0.4) is 0 Å². The Labute approximate surface area is 106 Å². The highest BCUT2D eigenvalue weighted by molar-refractivity contribution is 5.71. The summed E-state index contributed by atoms with van der Waals surface area (Å²) in [4.78, 5) is 12.5. The van der Waals surface area contributed by atoms with Gasteiger partial charge in [-0.05, 0) is 37.2 Å². The smallest absolute Gasteiger partial charge is 0.215 e. The molecule has 2 fully saturated rings. The molecule has 0 spiro atoms. The van der Waals surface area contributed by atoms with Gasteiger partial charge in [-0.3, -0.25) is 0 Å². The zero-order valence-corrected chi connectivity index (χ0v) is 10.5. The maximum absolute atomic E-state index is 5.14. The minimum Gasteiger partial charge on any atom is -0.481 e. The molecule has 4 rings (SSSR count). The maximum atomic E-state index is 5.14. The van der Waals surface area contributed by atoms with Gasteiger partial charge < -0.3 is 9.72 Å². The van der Waals surface area contributed by atoms with Crippen molar-refractivity contribution in [3.8, 4) is 5.88 Å². The van der Waals surface area contributed by atoms with Crippen LogP contribution in [0.4, 0.5) is 0 Å². The van der Waals surface area contributed by atoms with Gasteiger partial charge in [0.05, 0.1) is 12.6 Å². The summed E-state index contributed by atoms with van der Waals surface area (Å²) in [6, 6.07) is 3.88. The summed E-state index contributed by atoms with van der Waals surface area (Å²) >= 11 is 0. The van der Waals surface area contributed by atoms with E-state index in [-0.39, 0.29) is 0 Å². The molecule has 18 heavy (non-hydrogen) atoms. The molecule has 2 saturated carbocycles. The Bertz CT molecular complexity index is 592. The number of hydrogen-bond acceptors (Lipinski definition) is 3. The lowest BCUT2D eigenvalue weighted by Crippen LogP contribution is -2.09. The summed E-state index contributed by atoms with van der Waals surface area (Å²) in [5, 5.41) is 0. The number of nitrogens with zero attached hydrogens (tertiary/aromatic N) is 2. The van der Waals surface area contributed by atoms with Crippen molar-refractivity contribution in [2.75, 3.05) is 7.11 Å². The van der Waals surface area contributed by atoms with Crippen LogP contribution in [0.15, 0.2) is 12.1 Å². The standard InChI is InChI=1S/C14H17N3O/c1-18-12-5-4-11-14(16-12)17-13(15-11)10-7-8-2-3-9(10)6-8/h4-5,8-10H,2-3,6-7H2,1H3,(H,15,16,17). The van der Waals surface area contributed by atoms with E-state index in [2.05, 4.69) is 15.0 Å². The van der Waals surface area contributed by atoms with E-state index in [9.17, 15) is 0 Å². The van der Waals surface area contributed by atoms with Gasteiger partial charge in [-0.2, -0.15) is 4.98 Å². The fourth-order valence-electron chi connectivity index (χ4n) is 3.76. The fourth-order valence-corrected chi connectivity index (χ4v) is 3.76. The van der Waals surface area contributed by atoms with E-state index in [1.54, 1.807) is 7.11 Å². The lowest BCUT2D eigenvalue weighted by molar-refractivity contribution is 0.399. The molecule has 0 aromatic carbocycles. The molecule has 2 aromatic heterocycles. The fraction of sp³-hybridized carbons (Fsp3) is 0.571. The van der Waals surface area contributed by atoms with Crippen LogP contribution >= 0.6 is 0 Å². The lowest BCUT2D eigenvalue weighted by atomic mass is 9.88. The van der Waals surface area contributed by atoms with Crippen LogP contribution in [0, 0.1) is 11.8 Å². The molecule has 0 aliphatic heterocycles. The average molecular weight is 243 g/mol. The molecule has 1 N–H and O–H groups in total. The van der Waals surface area contributed by atoms with Crippen LogP contribution in [0.1, 0.15) is 37.4 Å². The van der Waals surface area contributed by atoms with Crippen molar-refractivity contribution < 1.29 is 4.74 Å². The van der Waals surface area contributed by atoms with E-state index in [1.807, 2.05) is 12.1 Å². The van der Waals surface area contributed by atoms with Crippen molar-refractivity contribution in [2.45, 2.75) is 31.6 Å². The number of hydrogen-bond donors (Lipinski definition) is 1. The van der Waals surface area contributed by atoms with Crippen LogP contribution in [0.5, 0.6) is 5.88 Å². The molecule has 2 aliphatic carbocycles. The largest absolute Gasteiger partial charge is 0.481 e. The van der Waals surface area contributed by atoms with Crippen molar-refractivity contribution in [1.82, 2.24) is 15.0 Å². The van der Waals surface area contributed by atoms with Gasteiger partial charge in [-0.1, -0.05) is 6.42 Å². The van der Waals surface area contributed by atoms with Gasteiger partial charge in [-0.15, -0.1) is 0 Å². The number of aromatic amines is 1. The molecule has 0 saturated heterocycles. The summed E-state index contributed by atoms with van der Waals surface area (Å²) in [6.07, 6.45) is 5.51. The van der Waals surface area contributed by atoms with Crippen molar-refractivity contribution in [1.29, 1.82) is 0 Å². The number of ether oxygens (including phenoxy) is 1. The predicted octanol–water partition coefficient (Wildman–Crippen LogP) is 2.87. The molecule has 94 valence electrons. The van der Waals surface area contributed by atoms with Gasteiger partial charge in [0.2, 0.25) is 5.88 Å². The van der Waals surface area contributed by atoms with Gasteiger partial charge in [-0.25, -0.2) is 4.98 Å². The molecule has 0 amide bonds. The van der Waals surface area contributed by atoms with Crippen molar-refractivity contribution >= 4 is 11.2 Å². The Morgan fingerprint density at radius 1 is 1.22 bits per heavy atom. The molecule has 2 heterocycles. The maximum Gasteiger partial charge on any atom is 0.215 e. The first kappa shape index (κ1) is 10.4. The molecule has 4 heteroatoms. The first-order valence-corrected chi connectivity index (χ1v) is 6.74. The third-order valence-electron chi connectivity index (χ3n) is 4.64. The first-order valence-electron chi connectivity index (χ1n) is 6.74. The Hall–Kier alpha value is -1.58. The van der Waals surface area contributed by atoms with E-state index in [4.69, 9.17) is 4.74 Å². The zero-order valence-electron chi connectivity index (χ0n) is 10.5. The highest BCUT2D eigenvalue weighted by Crippen LogP contribution is 2.52. The van der Waals surface area contributed by atoms with Crippen molar-refractivity contribution in [3.05, 3.63) is 18.0 Å². The molecule has 2 aliphatic rings. The highest BCUT2D eigenvalue weighted by Gasteiger charge is 2.41. The number of methoxy groups -OCH3 is 1. The minimum absolute atomic E-state index is 0.629. The van der Waals surface area contributed by atoms with Gasteiger partial charge in [0, 0.05) is 12.0 Å². The monoisotopic (exact) mass is 243 g/mol. The molecular formula is C14H17N3O. The van der Waals surface area contributed by atoms with Crippen LogP contribution in [-0.2, 0) is 0 Å². The number of imidazole rings is 1. The lowest BCUT2D eigenvalue weighted by Gasteiger charge is -2.18. The predicted molar refractivity (Wildman–Crippen MR) is 68.6 cm³/mol. The first-order chi connectivity index (χ1) is 8.83. The molecule has 3 unspecified atom stereocenters. The van der Waals surface area contributed by atoms with Gasteiger partial charge >= 0.3 is 0 Å². The highest BCUT2D eigenvalue weighted by atomic mass is 16.5. The SMILES string of the molecule is COc1ccc2[nH]c(C3CC4CCC3C4)nc2n1. The summed E-state index contributed by atoms with van der Waals surface area (Å²) in [5.41, 5.74) is 1.81. The second-order valence-electron chi connectivity index (χ2n) is 5.63. The van der Waals surface area contributed by atoms with E-state index < -0.39 is 0 Å². The molecule has 2 bridgehead atoms. The minimum atomic E-state index is 0.629. The van der Waals surface area contributed by atoms with Crippen molar-refractivity contribution in [2.24, 2.45) is 11.8 Å². The molecule has 3 atom stereocenters. The Morgan fingerprint density at radius 2 is 2.17 bits per heavy atom. The number of rotatable bonds is 2. The third kappa shape index (κ3) is 1.44. The van der Waals surface area contributed by atoms with E-state index >= 15 is 0 Å². The van der Waals surface area contributed by atoms with Gasteiger partial charge in [0.15, 0.2) is 5.65 Å². The average Bonchev–Trinajstić information content (AvgIpc) is 3.11. The van der Waals surface area contributed by atoms with Gasteiger partial charge in [0.1, 0.15) is 5.82 Å².